The van der Waals surface area contributed by atoms with Crippen molar-refractivity contribution in [2.75, 3.05) is 0 Å². The van der Waals surface area contributed by atoms with Crippen LogP contribution >= 0.6 is 11.3 Å². The molecule has 1 saturated carbocycles. The van der Waals surface area contributed by atoms with Crippen molar-refractivity contribution in [2.45, 2.75) is 165 Å². The molecule has 3 aromatic carbocycles. The molecule has 5 aromatic rings. The van der Waals surface area contributed by atoms with Crippen LogP contribution in [-0.2, 0) is 30.3 Å². The van der Waals surface area contributed by atoms with Crippen LogP contribution in [0, 0.1) is 34.7 Å². The first kappa shape index (κ1) is 50.6. The number of aliphatic hydroxyl groups excluding tert-OH is 1. The number of pyridine rings is 1. The number of aromatic nitrogens is 1. The standard InChI is InChI=1S/C38H41F3NS.C15H28O2.Ir/c1-23-27(24-14-17-37(7,18-15-24)22-36(5,6)38(39,40)41)12-13-29-30-16-19-42-32(34(30)43-33(23)29)26-20-25-10-8-9-11-28(25)31(21-26)35(2,3)4;1-7-14(5,8-2)12(16)11-13(17)15(6,9-3)10-4;/h8-13,16,19,21,24H,14-15,17-18,22H2,1-7H3;11,16H,7-10H2,1-6H3;/q-1;;/b;12-11-;. The molecule has 1 N–H and O–H groups in total. The van der Waals surface area contributed by atoms with Gasteiger partial charge in [-0.3, -0.25) is 9.78 Å². The quantitative estimate of drug-likeness (QED) is 0.0815. The van der Waals surface area contributed by atoms with Gasteiger partial charge in [0.25, 0.3) is 0 Å². The number of aliphatic hydroxyl groups is 1. The molecule has 0 aliphatic heterocycles. The molecule has 3 nitrogen and oxygen atoms in total. The summed E-state index contributed by atoms with van der Waals surface area (Å²) in [5.74, 6) is 0.659. The SMILES string of the molecule is CCC(C)(CC)C(=O)/C=C(\O)C(C)(CC)CC.Cc1c(C2CCC(C)(CC(C)(C)C(F)(F)F)CC2)ccc2c1sc1c(-c3[c-]c4ccccc4c(C(C)(C)C)c3)nccc12.[Ir]. The summed E-state index contributed by atoms with van der Waals surface area (Å²) in [5.41, 5.74) is 3.35. The molecular weight excluding hydrogens is 964 g/mol. The van der Waals surface area contributed by atoms with Crippen molar-refractivity contribution in [3.8, 4) is 11.3 Å². The molecule has 1 aliphatic carbocycles. The van der Waals surface area contributed by atoms with Crippen LogP contribution in [0.5, 0.6) is 0 Å². The molecule has 0 amide bonds. The maximum atomic E-state index is 13.7. The maximum Gasteiger partial charge on any atom is 0.393 e. The smallest absolute Gasteiger partial charge is 0.393 e. The maximum absolute atomic E-state index is 13.7. The van der Waals surface area contributed by atoms with E-state index in [1.807, 2.05) is 59.1 Å². The zero-order valence-electron chi connectivity index (χ0n) is 38.9. The van der Waals surface area contributed by atoms with Gasteiger partial charge in [0.05, 0.1) is 5.41 Å². The topological polar surface area (TPSA) is 50.2 Å². The van der Waals surface area contributed by atoms with Crippen molar-refractivity contribution in [2.24, 2.45) is 21.7 Å². The van der Waals surface area contributed by atoms with E-state index in [1.54, 1.807) is 0 Å². The molecule has 0 saturated heterocycles. The Morgan fingerprint density at radius 1 is 0.852 bits per heavy atom. The zero-order chi connectivity index (χ0) is 44.6. The first-order valence-corrected chi connectivity index (χ1v) is 23.0. The molecule has 1 fully saturated rings. The number of aryl methyl sites for hydroxylation is 1. The van der Waals surface area contributed by atoms with Crippen LogP contribution in [0.3, 0.4) is 0 Å². The van der Waals surface area contributed by atoms with Crippen molar-refractivity contribution < 1.29 is 43.2 Å². The fraction of sp³-hybridized carbons (Fsp3) is 0.547. The van der Waals surface area contributed by atoms with Crippen molar-refractivity contribution in [1.29, 1.82) is 0 Å². The average molecular weight is 1030 g/mol. The Hall–Kier alpha value is -3.06. The third-order valence-electron chi connectivity index (χ3n) is 14.6. The average Bonchev–Trinajstić information content (AvgIpc) is 3.59. The monoisotopic (exact) mass is 1030 g/mol. The molecule has 2 aromatic heterocycles. The van der Waals surface area contributed by atoms with Gasteiger partial charge in [0, 0.05) is 63.7 Å². The molecule has 335 valence electrons. The number of rotatable bonds is 11. The number of hydrogen-bond acceptors (Lipinski definition) is 4. The molecule has 2 heterocycles. The van der Waals surface area contributed by atoms with Crippen LogP contribution in [0.1, 0.15) is 163 Å². The Morgan fingerprint density at radius 2 is 1.43 bits per heavy atom. The largest absolute Gasteiger partial charge is 0.512 e. The summed E-state index contributed by atoms with van der Waals surface area (Å²) in [7, 11) is 0. The second-order valence-corrected chi connectivity index (χ2v) is 21.3. The Balaban J connectivity index is 0.000000388. The summed E-state index contributed by atoms with van der Waals surface area (Å²) in [4.78, 5) is 17.1. The molecule has 0 spiro atoms. The van der Waals surface area contributed by atoms with E-state index in [9.17, 15) is 23.1 Å². The summed E-state index contributed by atoms with van der Waals surface area (Å²) in [5, 5.41) is 14.9. The van der Waals surface area contributed by atoms with E-state index in [0.717, 1.165) is 68.0 Å². The van der Waals surface area contributed by atoms with E-state index < -0.39 is 11.6 Å². The Kier molecular flexibility index (Phi) is 15.7. The minimum Gasteiger partial charge on any atom is -0.512 e. The molecule has 6 rings (SSSR count). The number of benzene rings is 3. The first-order valence-electron chi connectivity index (χ1n) is 22.2. The van der Waals surface area contributed by atoms with E-state index in [1.165, 1.54) is 62.2 Å². The van der Waals surface area contributed by atoms with Crippen LogP contribution in [-0.4, -0.2) is 22.1 Å². The summed E-state index contributed by atoms with van der Waals surface area (Å²) in [6, 6.07) is 21.1. The Bertz CT molecular complexity index is 2350. The fourth-order valence-corrected chi connectivity index (χ4v) is 10.5. The molecule has 1 aliphatic rings. The van der Waals surface area contributed by atoms with Gasteiger partial charge in [0.1, 0.15) is 5.76 Å². The fourth-order valence-electron chi connectivity index (χ4n) is 9.18. The number of carbonyl (C=O) groups is 1. The third-order valence-corrected chi connectivity index (χ3v) is 15.9. The van der Waals surface area contributed by atoms with E-state index in [2.05, 4.69) is 89.2 Å². The van der Waals surface area contributed by atoms with Crippen molar-refractivity contribution in [1.82, 2.24) is 4.98 Å². The minimum atomic E-state index is -4.18. The minimum absolute atomic E-state index is 0. The molecule has 1 radical (unpaired) electrons. The number of carbonyl (C=O) groups excluding carboxylic acids is 1. The Labute approximate surface area is 381 Å². The van der Waals surface area contributed by atoms with Gasteiger partial charge in [0.2, 0.25) is 0 Å². The van der Waals surface area contributed by atoms with Crippen LogP contribution < -0.4 is 0 Å². The predicted molar refractivity (Wildman–Crippen MR) is 249 cm³/mol. The van der Waals surface area contributed by atoms with Gasteiger partial charge >= 0.3 is 6.18 Å². The molecule has 0 unspecified atom stereocenters. The zero-order valence-corrected chi connectivity index (χ0v) is 42.1. The normalized spacial score (nSPS) is 18.2. The van der Waals surface area contributed by atoms with Gasteiger partial charge < -0.3 is 5.11 Å². The van der Waals surface area contributed by atoms with Crippen LogP contribution in [0.4, 0.5) is 13.2 Å². The summed E-state index contributed by atoms with van der Waals surface area (Å²) in [6.45, 7) is 25.8. The van der Waals surface area contributed by atoms with Crippen LogP contribution in [0.2, 0.25) is 0 Å². The molecule has 61 heavy (non-hydrogen) atoms. The van der Waals surface area contributed by atoms with E-state index >= 15 is 0 Å². The molecule has 0 bridgehead atoms. The number of ketones is 1. The Morgan fingerprint density at radius 3 is 1.98 bits per heavy atom. The number of allylic oxidation sites excluding steroid dienone is 2. The van der Waals surface area contributed by atoms with E-state index in [-0.39, 0.29) is 59.7 Å². The number of halogens is 3. The van der Waals surface area contributed by atoms with Crippen molar-refractivity contribution in [3.63, 3.8) is 0 Å². The second-order valence-electron chi connectivity index (χ2n) is 20.3. The predicted octanol–water partition coefficient (Wildman–Crippen LogP) is 17.0. The number of nitrogens with zero attached hydrogens (tertiary/aromatic N) is 1. The van der Waals surface area contributed by atoms with Gasteiger partial charge in [0.15, 0.2) is 5.78 Å². The van der Waals surface area contributed by atoms with Gasteiger partial charge in [-0.15, -0.1) is 40.5 Å². The van der Waals surface area contributed by atoms with Crippen molar-refractivity contribution in [3.05, 3.63) is 89.3 Å². The number of alkyl halides is 3. The number of hydrogen-bond donors (Lipinski definition) is 1. The van der Waals surface area contributed by atoms with Gasteiger partial charge in [-0.1, -0.05) is 124 Å². The first-order chi connectivity index (χ1) is 27.9. The van der Waals surface area contributed by atoms with Gasteiger partial charge in [-0.25, -0.2) is 0 Å². The molecule has 0 atom stereocenters. The third kappa shape index (κ3) is 10.5. The van der Waals surface area contributed by atoms with Gasteiger partial charge in [-0.2, -0.15) is 13.2 Å². The molecular formula is C53H69F3IrNO2S-. The van der Waals surface area contributed by atoms with Crippen molar-refractivity contribution >= 4 is 48.1 Å². The van der Waals surface area contributed by atoms with E-state index in [0.29, 0.717) is 5.92 Å². The summed E-state index contributed by atoms with van der Waals surface area (Å²) < 4.78 is 43.4. The van der Waals surface area contributed by atoms with Gasteiger partial charge in [-0.05, 0) is 104 Å². The molecule has 8 heteroatoms. The summed E-state index contributed by atoms with van der Waals surface area (Å²) >= 11 is 1.81. The van der Waals surface area contributed by atoms with E-state index in [4.69, 9.17) is 4.98 Å². The summed E-state index contributed by atoms with van der Waals surface area (Å²) in [6.07, 6.45) is 6.17. The van der Waals surface area contributed by atoms with Crippen LogP contribution in [0.15, 0.2) is 66.6 Å². The van der Waals surface area contributed by atoms with Crippen LogP contribution in [0.25, 0.3) is 42.2 Å². The number of fused-ring (bicyclic) bond motifs is 4. The second kappa shape index (κ2) is 19.0. The number of thiophene rings is 1.